The van der Waals surface area contributed by atoms with Gasteiger partial charge in [-0.05, 0) is 40.9 Å². The number of amides is 2. The smallest absolute Gasteiger partial charge is 0.254 e. The van der Waals surface area contributed by atoms with Gasteiger partial charge in [0.25, 0.3) is 5.91 Å². The van der Waals surface area contributed by atoms with Gasteiger partial charge in [-0.25, -0.2) is 0 Å². The van der Waals surface area contributed by atoms with E-state index in [1.807, 2.05) is 11.8 Å². The standard InChI is InChI=1S/C20H30BrN3O4/c1-5-11-28-19-16(21)12-15(13-17(19)27-4)20(26)24-8-6-7-23(9-10-24)14-18(25)22(2)3/h12-13H,5-11,14H2,1-4H3. The van der Waals surface area contributed by atoms with Gasteiger partial charge in [0.1, 0.15) is 0 Å². The fraction of sp³-hybridized carbons (Fsp3) is 0.600. The summed E-state index contributed by atoms with van der Waals surface area (Å²) in [5, 5.41) is 0. The molecule has 0 radical (unpaired) electrons. The van der Waals surface area contributed by atoms with Gasteiger partial charge in [0, 0.05) is 45.8 Å². The highest BCUT2D eigenvalue weighted by atomic mass is 79.9. The number of likely N-dealkylation sites (N-methyl/N-ethyl adjacent to an activating group) is 1. The van der Waals surface area contributed by atoms with Crippen LogP contribution in [0.4, 0.5) is 0 Å². The second-order valence-corrected chi connectivity index (χ2v) is 7.90. The van der Waals surface area contributed by atoms with Crippen molar-refractivity contribution in [3.05, 3.63) is 22.2 Å². The lowest BCUT2D eigenvalue weighted by Crippen LogP contribution is -2.39. The van der Waals surface area contributed by atoms with E-state index in [1.54, 1.807) is 38.2 Å². The second kappa shape index (κ2) is 10.7. The molecule has 1 heterocycles. The van der Waals surface area contributed by atoms with Gasteiger partial charge in [0.15, 0.2) is 11.5 Å². The van der Waals surface area contributed by atoms with E-state index in [1.165, 1.54) is 0 Å². The maximum Gasteiger partial charge on any atom is 0.254 e. The summed E-state index contributed by atoms with van der Waals surface area (Å²) in [5.74, 6) is 1.20. The minimum absolute atomic E-state index is 0.0400. The molecule has 7 nitrogen and oxygen atoms in total. The number of nitrogens with zero attached hydrogens (tertiary/aromatic N) is 3. The predicted octanol–water partition coefficient (Wildman–Crippen LogP) is 2.48. The number of rotatable bonds is 7. The molecule has 1 aliphatic heterocycles. The van der Waals surface area contributed by atoms with Gasteiger partial charge in [-0.15, -0.1) is 0 Å². The lowest BCUT2D eigenvalue weighted by atomic mass is 10.1. The van der Waals surface area contributed by atoms with Crippen molar-refractivity contribution in [3.8, 4) is 11.5 Å². The van der Waals surface area contributed by atoms with Gasteiger partial charge in [-0.2, -0.15) is 0 Å². The molecule has 1 saturated heterocycles. The molecule has 0 atom stereocenters. The summed E-state index contributed by atoms with van der Waals surface area (Å²) in [6, 6.07) is 3.52. The third kappa shape index (κ3) is 5.85. The van der Waals surface area contributed by atoms with Crippen LogP contribution in [0, 0.1) is 0 Å². The van der Waals surface area contributed by atoms with Crippen LogP contribution in [0.5, 0.6) is 11.5 Å². The van der Waals surface area contributed by atoms with Crippen LogP contribution in [0.2, 0.25) is 0 Å². The largest absolute Gasteiger partial charge is 0.493 e. The number of hydrogen-bond acceptors (Lipinski definition) is 5. The number of hydrogen-bond donors (Lipinski definition) is 0. The summed E-state index contributed by atoms with van der Waals surface area (Å²) in [6.07, 6.45) is 1.72. The van der Waals surface area contributed by atoms with Crippen molar-refractivity contribution in [3.63, 3.8) is 0 Å². The van der Waals surface area contributed by atoms with E-state index in [-0.39, 0.29) is 11.8 Å². The normalized spacial score (nSPS) is 15.1. The maximum atomic E-state index is 13.1. The van der Waals surface area contributed by atoms with Crippen LogP contribution in [0.1, 0.15) is 30.1 Å². The van der Waals surface area contributed by atoms with Crippen molar-refractivity contribution in [2.45, 2.75) is 19.8 Å². The zero-order valence-corrected chi connectivity index (χ0v) is 18.8. The van der Waals surface area contributed by atoms with Gasteiger partial charge < -0.3 is 19.3 Å². The van der Waals surface area contributed by atoms with E-state index in [2.05, 4.69) is 20.8 Å². The van der Waals surface area contributed by atoms with Gasteiger partial charge in [0.05, 0.1) is 24.7 Å². The minimum Gasteiger partial charge on any atom is -0.493 e. The Balaban J connectivity index is 2.09. The third-order valence-electron chi connectivity index (χ3n) is 4.66. The molecule has 1 aliphatic rings. The zero-order valence-electron chi connectivity index (χ0n) is 17.2. The Labute approximate surface area is 175 Å². The first kappa shape index (κ1) is 22.5. The molecular formula is C20H30BrN3O4. The first-order chi connectivity index (χ1) is 13.4. The molecule has 1 fully saturated rings. The van der Waals surface area contributed by atoms with Crippen molar-refractivity contribution in [1.29, 1.82) is 0 Å². The van der Waals surface area contributed by atoms with E-state index >= 15 is 0 Å². The Morgan fingerprint density at radius 1 is 1.18 bits per heavy atom. The van der Waals surface area contributed by atoms with Crippen LogP contribution in [0.25, 0.3) is 0 Å². The van der Waals surface area contributed by atoms with Crippen molar-refractivity contribution in [2.75, 3.05) is 60.5 Å². The monoisotopic (exact) mass is 455 g/mol. The molecule has 0 N–H and O–H groups in total. The highest BCUT2D eigenvalue weighted by Gasteiger charge is 2.24. The number of carbonyl (C=O) groups is 2. The molecule has 28 heavy (non-hydrogen) atoms. The molecule has 156 valence electrons. The van der Waals surface area contributed by atoms with E-state index in [0.29, 0.717) is 54.3 Å². The van der Waals surface area contributed by atoms with Gasteiger partial charge >= 0.3 is 0 Å². The van der Waals surface area contributed by atoms with Crippen LogP contribution in [-0.4, -0.2) is 87.0 Å². The number of halogens is 1. The Bertz CT molecular complexity index is 696. The molecule has 1 aromatic rings. The molecule has 8 heteroatoms. The summed E-state index contributed by atoms with van der Waals surface area (Å²) in [4.78, 5) is 30.5. The van der Waals surface area contributed by atoms with Crippen molar-refractivity contribution >= 4 is 27.7 Å². The highest BCUT2D eigenvalue weighted by Crippen LogP contribution is 2.37. The SMILES string of the molecule is CCCOc1c(Br)cc(C(=O)N2CCCN(CC(=O)N(C)C)CC2)cc1OC. The van der Waals surface area contributed by atoms with Crippen LogP contribution in [0.3, 0.4) is 0 Å². The van der Waals surface area contributed by atoms with Crippen LogP contribution < -0.4 is 9.47 Å². The molecule has 1 aromatic carbocycles. The number of carbonyl (C=O) groups excluding carboxylic acids is 2. The fourth-order valence-electron chi connectivity index (χ4n) is 3.03. The van der Waals surface area contributed by atoms with Gasteiger partial charge in [-0.1, -0.05) is 6.92 Å². The summed E-state index contributed by atoms with van der Waals surface area (Å²) in [5.41, 5.74) is 0.561. The van der Waals surface area contributed by atoms with Crippen molar-refractivity contribution in [1.82, 2.24) is 14.7 Å². The molecule has 0 spiro atoms. The average Bonchev–Trinajstić information content (AvgIpc) is 2.91. The molecular weight excluding hydrogens is 426 g/mol. The van der Waals surface area contributed by atoms with E-state index in [0.717, 1.165) is 19.4 Å². The topological polar surface area (TPSA) is 62.3 Å². The molecule has 2 rings (SSSR count). The fourth-order valence-corrected chi connectivity index (χ4v) is 3.59. The summed E-state index contributed by atoms with van der Waals surface area (Å²) < 4.78 is 11.9. The second-order valence-electron chi connectivity index (χ2n) is 7.05. The lowest BCUT2D eigenvalue weighted by molar-refractivity contribution is -0.129. The Morgan fingerprint density at radius 2 is 1.93 bits per heavy atom. The summed E-state index contributed by atoms with van der Waals surface area (Å²) in [6.45, 7) is 5.75. The molecule has 0 aliphatic carbocycles. The maximum absolute atomic E-state index is 13.1. The average molecular weight is 456 g/mol. The summed E-state index contributed by atoms with van der Waals surface area (Å²) >= 11 is 3.50. The first-order valence-electron chi connectivity index (χ1n) is 9.59. The quantitative estimate of drug-likeness (QED) is 0.631. The van der Waals surface area contributed by atoms with Crippen molar-refractivity contribution < 1.29 is 19.1 Å². The van der Waals surface area contributed by atoms with E-state index in [4.69, 9.17) is 9.47 Å². The third-order valence-corrected chi connectivity index (χ3v) is 5.25. The van der Waals surface area contributed by atoms with Gasteiger partial charge in [-0.3, -0.25) is 14.5 Å². The Kier molecular flexibility index (Phi) is 8.57. The van der Waals surface area contributed by atoms with Crippen molar-refractivity contribution in [2.24, 2.45) is 0 Å². The van der Waals surface area contributed by atoms with Gasteiger partial charge in [0.2, 0.25) is 5.91 Å². The number of ether oxygens (including phenoxy) is 2. The Hall–Kier alpha value is -1.80. The zero-order chi connectivity index (χ0) is 20.7. The molecule has 0 bridgehead atoms. The molecule has 0 unspecified atom stereocenters. The highest BCUT2D eigenvalue weighted by molar-refractivity contribution is 9.10. The minimum atomic E-state index is -0.0400. The van der Waals surface area contributed by atoms with Crippen LogP contribution in [-0.2, 0) is 4.79 Å². The first-order valence-corrected chi connectivity index (χ1v) is 10.4. The lowest BCUT2D eigenvalue weighted by Gasteiger charge is -2.23. The predicted molar refractivity (Wildman–Crippen MR) is 112 cm³/mol. The van der Waals surface area contributed by atoms with E-state index < -0.39 is 0 Å². The number of methoxy groups -OCH3 is 1. The van der Waals surface area contributed by atoms with E-state index in [9.17, 15) is 9.59 Å². The van der Waals surface area contributed by atoms with Crippen LogP contribution in [0.15, 0.2) is 16.6 Å². The number of benzene rings is 1. The van der Waals surface area contributed by atoms with Crippen LogP contribution >= 0.6 is 15.9 Å². The Morgan fingerprint density at radius 3 is 2.57 bits per heavy atom. The molecule has 0 aromatic heterocycles. The molecule has 0 saturated carbocycles. The molecule has 2 amide bonds. The summed E-state index contributed by atoms with van der Waals surface area (Å²) in [7, 11) is 5.09.